The van der Waals surface area contributed by atoms with Crippen LogP contribution in [0.5, 0.6) is 5.75 Å². The summed E-state index contributed by atoms with van der Waals surface area (Å²) in [6, 6.07) is 6.39. The first-order valence-electron chi connectivity index (χ1n) is 9.28. The molecule has 1 aliphatic heterocycles. The number of halogens is 1. The van der Waals surface area contributed by atoms with E-state index in [9.17, 15) is 9.50 Å². The second-order valence-electron chi connectivity index (χ2n) is 8.39. The van der Waals surface area contributed by atoms with Crippen LogP contribution in [0.25, 0.3) is 0 Å². The second-order valence-corrected chi connectivity index (χ2v) is 8.39. The van der Waals surface area contributed by atoms with E-state index in [0.29, 0.717) is 30.4 Å². The Bertz CT molecular complexity index is 553. The summed E-state index contributed by atoms with van der Waals surface area (Å²) in [7, 11) is 0. The maximum Gasteiger partial charge on any atom is 0.134 e. The molecule has 0 amide bonds. The molecule has 1 aromatic carbocycles. The van der Waals surface area contributed by atoms with Crippen LogP contribution < -0.4 is 4.74 Å². The van der Waals surface area contributed by atoms with Gasteiger partial charge in [-0.3, -0.25) is 4.90 Å². The fourth-order valence-corrected chi connectivity index (χ4v) is 3.84. The molecule has 0 spiro atoms. The molecule has 1 saturated carbocycles. The molecule has 4 nitrogen and oxygen atoms in total. The van der Waals surface area contributed by atoms with Crippen molar-refractivity contribution in [3.8, 4) is 5.75 Å². The van der Waals surface area contributed by atoms with Crippen molar-refractivity contribution in [1.29, 1.82) is 0 Å². The van der Waals surface area contributed by atoms with Gasteiger partial charge in [-0.05, 0) is 55.4 Å². The molecule has 2 aliphatic rings. The van der Waals surface area contributed by atoms with E-state index >= 15 is 0 Å². The fourth-order valence-electron chi connectivity index (χ4n) is 3.84. The first-order chi connectivity index (χ1) is 11.9. The zero-order chi connectivity index (χ0) is 17.9. The monoisotopic (exact) mass is 351 g/mol. The summed E-state index contributed by atoms with van der Waals surface area (Å²) >= 11 is 0. The van der Waals surface area contributed by atoms with Gasteiger partial charge in [-0.15, -0.1) is 0 Å². The lowest BCUT2D eigenvalue weighted by molar-refractivity contribution is -0.0691. The Morgan fingerprint density at radius 2 is 1.92 bits per heavy atom. The molecule has 1 N–H and O–H groups in total. The van der Waals surface area contributed by atoms with Crippen LogP contribution in [0.4, 0.5) is 4.39 Å². The van der Waals surface area contributed by atoms with Crippen molar-refractivity contribution in [3.05, 3.63) is 30.1 Å². The van der Waals surface area contributed by atoms with E-state index in [4.69, 9.17) is 9.47 Å². The van der Waals surface area contributed by atoms with Gasteiger partial charge in [0.25, 0.3) is 0 Å². The van der Waals surface area contributed by atoms with E-state index in [1.54, 1.807) is 12.1 Å². The van der Waals surface area contributed by atoms with Gasteiger partial charge in [0.15, 0.2) is 0 Å². The van der Waals surface area contributed by atoms with Crippen LogP contribution in [0.2, 0.25) is 0 Å². The van der Waals surface area contributed by atoms with Gasteiger partial charge in [-0.2, -0.15) is 0 Å². The Kier molecular flexibility index (Phi) is 5.66. The second kappa shape index (κ2) is 7.60. The van der Waals surface area contributed by atoms with E-state index in [-0.39, 0.29) is 19.0 Å². The molecule has 1 atom stereocenters. The Morgan fingerprint density at radius 3 is 2.60 bits per heavy atom. The van der Waals surface area contributed by atoms with E-state index in [0.717, 1.165) is 6.54 Å². The van der Waals surface area contributed by atoms with Crippen molar-refractivity contribution in [2.75, 3.05) is 32.9 Å². The van der Waals surface area contributed by atoms with Crippen LogP contribution >= 0.6 is 0 Å². The lowest BCUT2D eigenvalue weighted by atomic mass is 9.75. The summed E-state index contributed by atoms with van der Waals surface area (Å²) in [6.07, 6.45) is 4.78. The zero-order valence-corrected chi connectivity index (χ0v) is 15.3. The molecule has 1 aromatic rings. The molecule has 0 aromatic heterocycles. The number of benzene rings is 1. The summed E-state index contributed by atoms with van der Waals surface area (Å²) < 4.78 is 24.3. The van der Waals surface area contributed by atoms with Crippen molar-refractivity contribution in [2.45, 2.75) is 51.2 Å². The molecule has 140 valence electrons. The Hall–Kier alpha value is -1.17. The quantitative estimate of drug-likeness (QED) is 0.904. The Labute approximate surface area is 149 Å². The van der Waals surface area contributed by atoms with E-state index < -0.39 is 5.60 Å². The predicted molar refractivity (Wildman–Crippen MR) is 95.3 cm³/mol. The molecule has 0 bridgehead atoms. The number of aliphatic hydroxyl groups is 1. The van der Waals surface area contributed by atoms with Gasteiger partial charge in [0, 0.05) is 19.1 Å². The van der Waals surface area contributed by atoms with Gasteiger partial charge in [-0.1, -0.05) is 13.8 Å². The summed E-state index contributed by atoms with van der Waals surface area (Å²) in [5, 5.41) is 11.0. The van der Waals surface area contributed by atoms with E-state index in [1.807, 2.05) is 0 Å². The maximum atomic E-state index is 13.0. The van der Waals surface area contributed by atoms with Crippen LogP contribution in [0, 0.1) is 11.2 Å². The van der Waals surface area contributed by atoms with Gasteiger partial charge < -0.3 is 14.6 Å². The lowest BCUT2D eigenvalue weighted by Gasteiger charge is -2.41. The largest absolute Gasteiger partial charge is 0.490 e. The molecule has 5 heteroatoms. The SMILES string of the molecule is CC1(C)CCC(N2CCOC[C@@](O)(COc3ccc(F)cc3)C2)CC1. The number of hydrogen-bond donors (Lipinski definition) is 1. The molecular formula is C20H30FNO3. The number of nitrogens with zero attached hydrogens (tertiary/aromatic N) is 1. The highest BCUT2D eigenvalue weighted by atomic mass is 19.1. The van der Waals surface area contributed by atoms with Gasteiger partial charge in [0.1, 0.15) is 23.8 Å². The highest BCUT2D eigenvalue weighted by molar-refractivity contribution is 5.22. The van der Waals surface area contributed by atoms with Crippen LogP contribution in [0.3, 0.4) is 0 Å². The van der Waals surface area contributed by atoms with Crippen molar-refractivity contribution in [3.63, 3.8) is 0 Å². The molecule has 1 aliphatic carbocycles. The number of rotatable bonds is 4. The third kappa shape index (κ3) is 5.16. The normalized spacial score (nSPS) is 28.5. The summed E-state index contributed by atoms with van der Waals surface area (Å²) in [5.41, 5.74) is -0.612. The number of β-amino-alcohol motifs (C(OH)–C–C–N with tert-alkyl or cyclic N) is 1. The van der Waals surface area contributed by atoms with Crippen LogP contribution in [-0.2, 0) is 4.74 Å². The van der Waals surface area contributed by atoms with Crippen LogP contribution in [0.15, 0.2) is 24.3 Å². The number of hydrogen-bond acceptors (Lipinski definition) is 4. The lowest BCUT2D eigenvalue weighted by Crippen LogP contribution is -2.52. The first kappa shape index (κ1) is 18.6. The minimum absolute atomic E-state index is 0.146. The standard InChI is InChI=1S/C20H30FNO3/c1-19(2)9-7-17(8-10-19)22-11-12-24-14-20(23,13-22)15-25-18-5-3-16(21)4-6-18/h3-6,17,23H,7-15H2,1-2H3/t20-/m1/s1. The third-order valence-corrected chi connectivity index (χ3v) is 5.54. The zero-order valence-electron chi connectivity index (χ0n) is 15.3. The van der Waals surface area contributed by atoms with Crippen LogP contribution in [-0.4, -0.2) is 54.6 Å². The number of ether oxygens (including phenoxy) is 2. The highest BCUT2D eigenvalue weighted by Gasteiger charge is 2.38. The predicted octanol–water partition coefficient (Wildman–Crippen LogP) is 3.24. The van der Waals surface area contributed by atoms with Gasteiger partial charge in [0.05, 0.1) is 13.2 Å². The molecule has 0 unspecified atom stereocenters. The van der Waals surface area contributed by atoms with E-state index in [1.165, 1.54) is 37.8 Å². The molecule has 1 heterocycles. The molecule has 1 saturated heterocycles. The Morgan fingerprint density at radius 1 is 1.24 bits per heavy atom. The molecule has 3 rings (SSSR count). The topological polar surface area (TPSA) is 41.9 Å². The molecule has 0 radical (unpaired) electrons. The summed E-state index contributed by atoms with van der Waals surface area (Å²) in [4.78, 5) is 2.37. The fraction of sp³-hybridized carbons (Fsp3) is 0.700. The third-order valence-electron chi connectivity index (χ3n) is 5.54. The highest BCUT2D eigenvalue weighted by Crippen LogP contribution is 2.37. The first-order valence-corrected chi connectivity index (χ1v) is 9.28. The smallest absolute Gasteiger partial charge is 0.134 e. The van der Waals surface area contributed by atoms with Gasteiger partial charge in [0.2, 0.25) is 0 Å². The summed E-state index contributed by atoms with van der Waals surface area (Å²) in [5.74, 6) is 0.264. The molecule has 2 fully saturated rings. The minimum atomic E-state index is -1.04. The Balaban J connectivity index is 1.59. The van der Waals surface area contributed by atoms with E-state index in [2.05, 4.69) is 18.7 Å². The molecule has 25 heavy (non-hydrogen) atoms. The van der Waals surface area contributed by atoms with Gasteiger partial charge in [-0.25, -0.2) is 4.39 Å². The minimum Gasteiger partial charge on any atom is -0.490 e. The van der Waals surface area contributed by atoms with Crippen LogP contribution in [0.1, 0.15) is 39.5 Å². The van der Waals surface area contributed by atoms with Crippen molar-refractivity contribution >= 4 is 0 Å². The maximum absolute atomic E-state index is 13.0. The van der Waals surface area contributed by atoms with Crippen molar-refractivity contribution < 1.29 is 19.0 Å². The van der Waals surface area contributed by atoms with Crippen molar-refractivity contribution in [1.82, 2.24) is 4.90 Å². The molecular weight excluding hydrogens is 321 g/mol. The summed E-state index contributed by atoms with van der Waals surface area (Å²) in [6.45, 7) is 7.13. The average molecular weight is 351 g/mol. The van der Waals surface area contributed by atoms with Crippen molar-refractivity contribution in [2.24, 2.45) is 5.41 Å². The van der Waals surface area contributed by atoms with Gasteiger partial charge >= 0.3 is 0 Å². The average Bonchev–Trinajstić information content (AvgIpc) is 2.77.